The van der Waals surface area contributed by atoms with E-state index in [1.807, 2.05) is 0 Å². The molecular weight excluding hydrogens is 146 g/mol. The van der Waals surface area contributed by atoms with Gasteiger partial charge in [0.2, 0.25) is 0 Å². The van der Waals surface area contributed by atoms with Crippen molar-refractivity contribution in [3.05, 3.63) is 47.9 Å². The highest BCUT2D eigenvalue weighted by molar-refractivity contribution is 5.75. The van der Waals surface area contributed by atoms with Crippen molar-refractivity contribution in [2.45, 2.75) is 0 Å². The standard InChI is InChI=1S/C11H12N/c1-12(2)11-8-7-9-5-3-4-6-10(9)11/h3-8H,1-2H3. The van der Waals surface area contributed by atoms with Crippen LogP contribution in [0.2, 0.25) is 0 Å². The molecule has 0 fully saturated rings. The fourth-order valence-electron chi connectivity index (χ4n) is 1.52. The first-order valence-electron chi connectivity index (χ1n) is 4.11. The van der Waals surface area contributed by atoms with Gasteiger partial charge in [0, 0.05) is 31.8 Å². The molecule has 1 aliphatic carbocycles. The molecule has 1 aromatic carbocycles. The monoisotopic (exact) mass is 158 g/mol. The summed E-state index contributed by atoms with van der Waals surface area (Å²) in [7, 11) is 4.14. The molecule has 0 N–H and O–H groups in total. The van der Waals surface area contributed by atoms with Gasteiger partial charge in [-0.3, -0.25) is 0 Å². The molecule has 0 bridgehead atoms. The van der Waals surface area contributed by atoms with Gasteiger partial charge in [-0.05, 0) is 5.56 Å². The van der Waals surface area contributed by atoms with Crippen LogP contribution in [-0.2, 0) is 0 Å². The van der Waals surface area contributed by atoms with Crippen LogP contribution in [0.1, 0.15) is 11.1 Å². The van der Waals surface area contributed by atoms with Crippen molar-refractivity contribution in [3.8, 4) is 0 Å². The van der Waals surface area contributed by atoms with E-state index in [0.29, 0.717) is 0 Å². The predicted octanol–water partition coefficient (Wildman–Crippen LogP) is 2.16. The van der Waals surface area contributed by atoms with E-state index in [9.17, 15) is 0 Å². The number of benzene rings is 1. The van der Waals surface area contributed by atoms with E-state index in [-0.39, 0.29) is 0 Å². The molecule has 1 aliphatic rings. The third kappa shape index (κ3) is 1.02. The maximum atomic E-state index is 2.16. The van der Waals surface area contributed by atoms with E-state index >= 15 is 0 Å². The van der Waals surface area contributed by atoms with Crippen LogP contribution in [0.15, 0.2) is 30.3 Å². The molecule has 1 heteroatoms. The lowest BCUT2D eigenvalue weighted by Crippen LogP contribution is -2.08. The molecule has 1 aromatic rings. The van der Waals surface area contributed by atoms with Gasteiger partial charge in [0.05, 0.1) is 0 Å². The second-order valence-corrected chi connectivity index (χ2v) is 3.20. The van der Waals surface area contributed by atoms with Crippen LogP contribution in [0.4, 0.5) is 0 Å². The van der Waals surface area contributed by atoms with Crippen LogP contribution >= 0.6 is 0 Å². The Morgan fingerprint density at radius 2 is 1.83 bits per heavy atom. The minimum absolute atomic E-state index is 1.30. The zero-order valence-electron chi connectivity index (χ0n) is 7.41. The van der Waals surface area contributed by atoms with Gasteiger partial charge in [-0.1, -0.05) is 30.3 Å². The molecule has 0 unspecified atom stereocenters. The molecule has 0 spiro atoms. The van der Waals surface area contributed by atoms with Crippen molar-refractivity contribution >= 4 is 5.70 Å². The molecular formula is C11H12N. The Balaban J connectivity index is 2.45. The molecule has 1 radical (unpaired) electrons. The van der Waals surface area contributed by atoms with E-state index in [1.54, 1.807) is 0 Å². The van der Waals surface area contributed by atoms with Crippen molar-refractivity contribution in [2.24, 2.45) is 0 Å². The first kappa shape index (κ1) is 7.41. The van der Waals surface area contributed by atoms with E-state index in [4.69, 9.17) is 0 Å². The van der Waals surface area contributed by atoms with Crippen molar-refractivity contribution in [1.29, 1.82) is 0 Å². The number of allylic oxidation sites excluding steroid dienone is 1. The number of rotatable bonds is 1. The summed E-state index contributed by atoms with van der Waals surface area (Å²) in [6.07, 6.45) is 4.31. The average molecular weight is 158 g/mol. The number of hydrogen-bond donors (Lipinski definition) is 0. The van der Waals surface area contributed by atoms with Gasteiger partial charge in [-0.2, -0.15) is 0 Å². The van der Waals surface area contributed by atoms with Crippen LogP contribution < -0.4 is 0 Å². The van der Waals surface area contributed by atoms with Gasteiger partial charge in [-0.15, -0.1) is 0 Å². The van der Waals surface area contributed by atoms with Crippen LogP contribution in [0.25, 0.3) is 5.70 Å². The van der Waals surface area contributed by atoms with Gasteiger partial charge in [0.15, 0.2) is 0 Å². The van der Waals surface area contributed by atoms with Crippen LogP contribution in [0.3, 0.4) is 0 Å². The molecule has 0 aliphatic heterocycles. The molecule has 12 heavy (non-hydrogen) atoms. The Morgan fingerprint density at radius 3 is 2.58 bits per heavy atom. The van der Waals surface area contributed by atoms with Crippen LogP contribution in [0.5, 0.6) is 0 Å². The average Bonchev–Trinajstić information content (AvgIpc) is 2.47. The van der Waals surface area contributed by atoms with Gasteiger partial charge < -0.3 is 4.90 Å². The third-order valence-corrected chi connectivity index (χ3v) is 2.14. The van der Waals surface area contributed by atoms with E-state index < -0.39 is 0 Å². The highest BCUT2D eigenvalue weighted by Crippen LogP contribution is 2.29. The number of fused-ring (bicyclic) bond motifs is 1. The summed E-state index contributed by atoms with van der Waals surface area (Å²) in [6, 6.07) is 8.45. The predicted molar refractivity (Wildman–Crippen MR) is 51.5 cm³/mol. The van der Waals surface area contributed by atoms with Gasteiger partial charge >= 0.3 is 0 Å². The molecule has 0 heterocycles. The van der Waals surface area contributed by atoms with Crippen LogP contribution in [0, 0.1) is 6.42 Å². The first-order chi connectivity index (χ1) is 5.79. The van der Waals surface area contributed by atoms with Gasteiger partial charge in [0.1, 0.15) is 0 Å². The number of hydrogen-bond acceptors (Lipinski definition) is 1. The third-order valence-electron chi connectivity index (χ3n) is 2.14. The highest BCUT2D eigenvalue weighted by Gasteiger charge is 2.13. The lowest BCUT2D eigenvalue weighted by atomic mass is 10.1. The van der Waals surface area contributed by atoms with E-state index in [0.717, 1.165) is 0 Å². The maximum absolute atomic E-state index is 2.16. The second kappa shape index (κ2) is 2.67. The fraction of sp³-hybridized carbons (Fsp3) is 0.182. The summed E-state index contributed by atoms with van der Waals surface area (Å²) < 4.78 is 0. The van der Waals surface area contributed by atoms with Crippen molar-refractivity contribution in [2.75, 3.05) is 14.1 Å². The molecule has 0 saturated heterocycles. The summed E-state index contributed by atoms with van der Waals surface area (Å²) in [5.41, 5.74) is 3.95. The lowest BCUT2D eigenvalue weighted by molar-refractivity contribution is 0.593. The SMILES string of the molecule is CN(C)C1=C[CH]c2ccccc21. The maximum Gasteiger partial charge on any atom is 0.0403 e. The minimum atomic E-state index is 1.30. The molecule has 0 saturated carbocycles. The lowest BCUT2D eigenvalue weighted by Gasteiger charge is -2.14. The molecule has 0 amide bonds. The smallest absolute Gasteiger partial charge is 0.0403 e. The molecule has 0 aromatic heterocycles. The normalized spacial score (nSPS) is 14.0. The fourth-order valence-corrected chi connectivity index (χ4v) is 1.52. The summed E-state index contributed by atoms with van der Waals surface area (Å²) in [5.74, 6) is 0. The van der Waals surface area contributed by atoms with E-state index in [2.05, 4.69) is 55.8 Å². The zero-order chi connectivity index (χ0) is 8.55. The zero-order valence-corrected chi connectivity index (χ0v) is 7.41. The van der Waals surface area contributed by atoms with Crippen molar-refractivity contribution in [3.63, 3.8) is 0 Å². The first-order valence-corrected chi connectivity index (χ1v) is 4.11. The van der Waals surface area contributed by atoms with Crippen molar-refractivity contribution < 1.29 is 0 Å². The molecule has 1 nitrogen and oxygen atoms in total. The molecule has 2 rings (SSSR count). The van der Waals surface area contributed by atoms with Crippen LogP contribution in [-0.4, -0.2) is 19.0 Å². The largest absolute Gasteiger partial charge is 0.377 e. The molecule has 61 valence electrons. The van der Waals surface area contributed by atoms with Gasteiger partial charge in [0.25, 0.3) is 0 Å². The minimum Gasteiger partial charge on any atom is -0.377 e. The summed E-state index contributed by atoms with van der Waals surface area (Å²) in [6.45, 7) is 0. The summed E-state index contributed by atoms with van der Waals surface area (Å²) in [5, 5.41) is 0. The Hall–Kier alpha value is -1.24. The Labute approximate surface area is 73.3 Å². The number of nitrogens with zero attached hydrogens (tertiary/aromatic N) is 1. The Morgan fingerprint density at radius 1 is 1.08 bits per heavy atom. The Bertz CT molecular complexity index is 324. The quantitative estimate of drug-likeness (QED) is 0.605. The Kier molecular flexibility index (Phi) is 1.65. The summed E-state index contributed by atoms with van der Waals surface area (Å²) in [4.78, 5) is 2.14. The van der Waals surface area contributed by atoms with E-state index in [1.165, 1.54) is 16.8 Å². The highest BCUT2D eigenvalue weighted by atomic mass is 15.1. The summed E-state index contributed by atoms with van der Waals surface area (Å²) >= 11 is 0. The second-order valence-electron chi connectivity index (χ2n) is 3.20. The topological polar surface area (TPSA) is 3.24 Å². The van der Waals surface area contributed by atoms with Gasteiger partial charge in [-0.25, -0.2) is 0 Å². The molecule has 0 atom stereocenters. The van der Waals surface area contributed by atoms with Crippen molar-refractivity contribution in [1.82, 2.24) is 4.90 Å².